The summed E-state index contributed by atoms with van der Waals surface area (Å²) in [7, 11) is 3.53. The quantitative estimate of drug-likeness (QED) is 0.456. The van der Waals surface area contributed by atoms with Crippen molar-refractivity contribution in [3.8, 4) is 22.9 Å². The zero-order valence-electron chi connectivity index (χ0n) is 17.2. The topological polar surface area (TPSA) is 107 Å². The molecule has 0 atom stereocenters. The summed E-state index contributed by atoms with van der Waals surface area (Å²) in [4.78, 5) is 21.1. The van der Waals surface area contributed by atoms with Crippen LogP contribution in [-0.2, 0) is 20.2 Å². The van der Waals surface area contributed by atoms with E-state index in [2.05, 4.69) is 25.5 Å². The highest BCUT2D eigenvalue weighted by Crippen LogP contribution is 2.19. The molecule has 0 aliphatic rings. The fourth-order valence-corrected chi connectivity index (χ4v) is 2.90. The van der Waals surface area contributed by atoms with Crippen LogP contribution in [0.25, 0.3) is 11.4 Å². The van der Waals surface area contributed by atoms with Crippen molar-refractivity contribution in [2.45, 2.75) is 13.2 Å². The molecule has 0 aliphatic carbocycles. The average Bonchev–Trinajstić information content (AvgIpc) is 3.45. The molecule has 0 bridgehead atoms. The van der Waals surface area contributed by atoms with Gasteiger partial charge >= 0.3 is 0 Å². The molecule has 0 unspecified atom stereocenters. The average molecular weight is 418 g/mol. The molecule has 2 N–H and O–H groups in total. The molecular weight excluding hydrogens is 396 g/mol. The van der Waals surface area contributed by atoms with Crippen molar-refractivity contribution >= 4 is 5.91 Å². The lowest BCUT2D eigenvalue weighted by atomic mass is 10.2. The molecule has 2 aromatic heterocycles. The Labute approximate surface area is 179 Å². The Morgan fingerprint density at radius 2 is 1.84 bits per heavy atom. The molecule has 0 aliphatic heterocycles. The van der Waals surface area contributed by atoms with Crippen LogP contribution in [0, 0.1) is 0 Å². The monoisotopic (exact) mass is 418 g/mol. The number of hydrogen-bond donors (Lipinski definition) is 2. The molecule has 2 heterocycles. The molecule has 0 saturated carbocycles. The van der Waals surface area contributed by atoms with Gasteiger partial charge in [-0.25, -0.2) is 9.97 Å². The number of imidazole rings is 1. The van der Waals surface area contributed by atoms with Crippen molar-refractivity contribution in [3.05, 3.63) is 78.1 Å². The number of hydrogen-bond acceptors (Lipinski definition) is 6. The summed E-state index contributed by atoms with van der Waals surface area (Å²) in [6, 6.07) is 14.4. The highest BCUT2D eigenvalue weighted by molar-refractivity contribution is 5.94. The summed E-state index contributed by atoms with van der Waals surface area (Å²) in [6.07, 6.45) is 3.58. The number of rotatable bonds is 8. The van der Waals surface area contributed by atoms with Crippen LogP contribution >= 0.6 is 0 Å². The predicted octanol–water partition coefficient (Wildman–Crippen LogP) is 2.72. The molecule has 31 heavy (non-hydrogen) atoms. The minimum atomic E-state index is -0.210. The van der Waals surface area contributed by atoms with E-state index in [4.69, 9.17) is 9.47 Å². The number of carbonyl (C=O) groups is 1. The van der Waals surface area contributed by atoms with Crippen LogP contribution in [0.1, 0.15) is 22.0 Å². The molecule has 9 heteroatoms. The summed E-state index contributed by atoms with van der Waals surface area (Å²) in [6.45, 7) is 0.594. The normalized spacial score (nSPS) is 10.6. The van der Waals surface area contributed by atoms with Crippen LogP contribution in [0.15, 0.2) is 60.9 Å². The lowest BCUT2D eigenvalue weighted by molar-refractivity contribution is 0.0950. The van der Waals surface area contributed by atoms with E-state index in [1.165, 1.54) is 0 Å². The number of benzene rings is 2. The molecule has 9 nitrogen and oxygen atoms in total. The van der Waals surface area contributed by atoms with Gasteiger partial charge in [0.05, 0.1) is 13.7 Å². The van der Waals surface area contributed by atoms with Gasteiger partial charge in [0, 0.05) is 30.6 Å². The SMILES string of the molecule is COc1ccc(-c2n[nH]c(CNC(=O)c3ccc(OCc4nccn4C)cc3)n2)cc1. The number of carbonyl (C=O) groups excluding carboxylic acids is 1. The number of amides is 1. The van der Waals surface area contributed by atoms with Gasteiger partial charge in [-0.05, 0) is 48.5 Å². The Hall–Kier alpha value is -4.14. The second-order valence-electron chi connectivity index (χ2n) is 6.78. The third-order valence-electron chi connectivity index (χ3n) is 4.70. The van der Waals surface area contributed by atoms with Crippen molar-refractivity contribution < 1.29 is 14.3 Å². The second-order valence-corrected chi connectivity index (χ2v) is 6.78. The van der Waals surface area contributed by atoms with Gasteiger partial charge in [-0.3, -0.25) is 9.89 Å². The van der Waals surface area contributed by atoms with Crippen LogP contribution in [0.5, 0.6) is 11.5 Å². The molecule has 1 amide bonds. The van der Waals surface area contributed by atoms with Crippen LogP contribution in [0.4, 0.5) is 0 Å². The van der Waals surface area contributed by atoms with Gasteiger partial charge in [0.15, 0.2) is 5.82 Å². The zero-order valence-corrected chi connectivity index (χ0v) is 17.2. The maximum Gasteiger partial charge on any atom is 0.251 e. The van der Waals surface area contributed by atoms with Gasteiger partial charge in [-0.2, -0.15) is 5.10 Å². The summed E-state index contributed by atoms with van der Waals surface area (Å²) >= 11 is 0. The maximum atomic E-state index is 12.4. The fraction of sp³-hybridized carbons (Fsp3) is 0.182. The van der Waals surface area contributed by atoms with E-state index in [9.17, 15) is 4.79 Å². The molecule has 0 saturated heterocycles. The van der Waals surface area contributed by atoms with Crippen molar-refractivity contribution in [3.63, 3.8) is 0 Å². The van der Waals surface area contributed by atoms with E-state index in [0.717, 1.165) is 17.1 Å². The Kier molecular flexibility index (Phi) is 5.93. The van der Waals surface area contributed by atoms with Crippen molar-refractivity contribution in [2.24, 2.45) is 7.05 Å². The van der Waals surface area contributed by atoms with Crippen molar-refractivity contribution in [2.75, 3.05) is 7.11 Å². The van der Waals surface area contributed by atoms with E-state index < -0.39 is 0 Å². The first-order valence-electron chi connectivity index (χ1n) is 9.65. The molecule has 0 radical (unpaired) electrons. The van der Waals surface area contributed by atoms with Crippen molar-refractivity contribution in [1.29, 1.82) is 0 Å². The molecule has 0 spiro atoms. The predicted molar refractivity (Wildman–Crippen MR) is 114 cm³/mol. The van der Waals surface area contributed by atoms with Gasteiger partial charge in [0.2, 0.25) is 0 Å². The summed E-state index contributed by atoms with van der Waals surface area (Å²) < 4.78 is 12.8. The standard InChI is InChI=1S/C22H22N6O3/c1-28-12-11-23-20(28)14-31-18-9-5-16(6-10-18)22(29)24-13-19-25-21(27-26-19)15-3-7-17(30-2)8-4-15/h3-12H,13-14H2,1-2H3,(H,24,29)(H,25,26,27). The lowest BCUT2D eigenvalue weighted by Gasteiger charge is -2.07. The van der Waals surface area contributed by atoms with Crippen LogP contribution < -0.4 is 14.8 Å². The first-order valence-corrected chi connectivity index (χ1v) is 9.65. The first kappa shape index (κ1) is 20.1. The number of nitrogens with zero attached hydrogens (tertiary/aromatic N) is 4. The second kappa shape index (κ2) is 9.12. The van der Waals surface area contributed by atoms with Gasteiger partial charge in [0.25, 0.3) is 5.91 Å². The van der Waals surface area contributed by atoms with E-state index >= 15 is 0 Å². The summed E-state index contributed by atoms with van der Waals surface area (Å²) in [5, 5.41) is 9.88. The summed E-state index contributed by atoms with van der Waals surface area (Å²) in [5.74, 6) is 3.16. The Morgan fingerprint density at radius 3 is 2.52 bits per heavy atom. The Morgan fingerprint density at radius 1 is 1.10 bits per heavy atom. The van der Waals surface area contributed by atoms with Gasteiger partial charge in [-0.15, -0.1) is 0 Å². The highest BCUT2D eigenvalue weighted by atomic mass is 16.5. The maximum absolute atomic E-state index is 12.4. The van der Waals surface area contributed by atoms with Crippen LogP contribution in [0.3, 0.4) is 0 Å². The fourth-order valence-electron chi connectivity index (χ4n) is 2.90. The Bertz CT molecular complexity index is 1150. The minimum Gasteiger partial charge on any atom is -0.497 e. The van der Waals surface area contributed by atoms with Crippen molar-refractivity contribution in [1.82, 2.24) is 30.0 Å². The molecule has 0 fully saturated rings. The van der Waals surface area contributed by atoms with Gasteiger partial charge < -0.3 is 19.4 Å². The Balaban J connectivity index is 1.30. The molecule has 2 aromatic carbocycles. The van der Waals surface area contributed by atoms with E-state index in [0.29, 0.717) is 29.6 Å². The first-order chi connectivity index (χ1) is 15.1. The van der Waals surface area contributed by atoms with Gasteiger partial charge in [-0.1, -0.05) is 0 Å². The molecule has 4 rings (SSSR count). The lowest BCUT2D eigenvalue weighted by Crippen LogP contribution is -2.23. The van der Waals surface area contributed by atoms with E-state index in [-0.39, 0.29) is 12.5 Å². The minimum absolute atomic E-state index is 0.210. The third-order valence-corrected chi connectivity index (χ3v) is 4.70. The summed E-state index contributed by atoms with van der Waals surface area (Å²) in [5.41, 5.74) is 1.38. The number of H-pyrrole nitrogens is 1. The number of ether oxygens (including phenoxy) is 2. The number of methoxy groups -OCH3 is 1. The van der Waals surface area contributed by atoms with Gasteiger partial charge in [0.1, 0.15) is 29.8 Å². The van der Waals surface area contributed by atoms with Crippen LogP contribution in [-0.4, -0.2) is 37.7 Å². The van der Waals surface area contributed by atoms with Crippen LogP contribution in [0.2, 0.25) is 0 Å². The zero-order chi connectivity index (χ0) is 21.6. The third kappa shape index (κ3) is 4.89. The largest absolute Gasteiger partial charge is 0.497 e. The molecule has 4 aromatic rings. The number of nitrogens with one attached hydrogen (secondary N) is 2. The van der Waals surface area contributed by atoms with E-state index in [1.54, 1.807) is 37.6 Å². The molecular formula is C22H22N6O3. The highest BCUT2D eigenvalue weighted by Gasteiger charge is 2.10. The van der Waals surface area contributed by atoms with E-state index in [1.807, 2.05) is 42.1 Å². The number of aromatic nitrogens is 5. The number of aryl methyl sites for hydroxylation is 1. The smallest absolute Gasteiger partial charge is 0.251 e. The molecule has 158 valence electrons. The number of aromatic amines is 1.